The van der Waals surface area contributed by atoms with Gasteiger partial charge in [-0.05, 0) is 33.5 Å². The summed E-state index contributed by atoms with van der Waals surface area (Å²) >= 11 is 3.47. The number of nitrogens with zero attached hydrogens (tertiary/aromatic N) is 2. The van der Waals surface area contributed by atoms with Gasteiger partial charge < -0.3 is 5.32 Å². The van der Waals surface area contributed by atoms with Gasteiger partial charge >= 0.3 is 0 Å². The van der Waals surface area contributed by atoms with Crippen molar-refractivity contribution in [2.24, 2.45) is 5.92 Å². The molecule has 0 bridgehead atoms. The van der Waals surface area contributed by atoms with Crippen LogP contribution in [0.3, 0.4) is 0 Å². The van der Waals surface area contributed by atoms with Crippen molar-refractivity contribution in [3.63, 3.8) is 0 Å². The third kappa shape index (κ3) is 3.83. The predicted octanol–water partition coefficient (Wildman–Crippen LogP) is 3.78. The van der Waals surface area contributed by atoms with Crippen LogP contribution in [0.4, 0.5) is 5.69 Å². The van der Waals surface area contributed by atoms with E-state index in [9.17, 15) is 0 Å². The number of aromatic nitrogens is 1. The maximum Gasteiger partial charge on any atom is 0.0540 e. The zero-order valence-corrected chi connectivity index (χ0v) is 13.8. The molecular weight excluding hydrogens is 326 g/mol. The molecule has 0 spiro atoms. The van der Waals surface area contributed by atoms with Crippen LogP contribution in [0.15, 0.2) is 53.3 Å². The Morgan fingerprint density at radius 1 is 1.24 bits per heavy atom. The molecular formula is C17H20BrN3. The van der Waals surface area contributed by atoms with Crippen LogP contribution in [0, 0.1) is 5.92 Å². The van der Waals surface area contributed by atoms with Gasteiger partial charge in [0.05, 0.1) is 11.9 Å². The zero-order chi connectivity index (χ0) is 14.7. The minimum Gasteiger partial charge on any atom is -0.379 e. The van der Waals surface area contributed by atoms with Gasteiger partial charge in [0.2, 0.25) is 0 Å². The molecule has 3 rings (SSSR count). The van der Waals surface area contributed by atoms with E-state index in [-0.39, 0.29) is 0 Å². The van der Waals surface area contributed by atoms with Crippen LogP contribution in [0.2, 0.25) is 0 Å². The van der Waals surface area contributed by atoms with Crippen molar-refractivity contribution < 1.29 is 0 Å². The summed E-state index contributed by atoms with van der Waals surface area (Å²) < 4.78 is 1.01. The Labute approximate surface area is 134 Å². The van der Waals surface area contributed by atoms with Crippen LogP contribution < -0.4 is 5.32 Å². The van der Waals surface area contributed by atoms with Gasteiger partial charge in [-0.15, -0.1) is 0 Å². The average molecular weight is 346 g/mol. The molecule has 2 unspecified atom stereocenters. The first-order valence-corrected chi connectivity index (χ1v) is 8.13. The summed E-state index contributed by atoms with van der Waals surface area (Å²) in [6.45, 7) is 5.55. The molecule has 1 aromatic heterocycles. The first kappa shape index (κ1) is 14.5. The van der Waals surface area contributed by atoms with E-state index >= 15 is 0 Å². The normalized spacial score (nSPS) is 22.4. The SMILES string of the molecule is CC1CN(Cc2ccccc2)CC1Nc1cncc(Br)c1. The number of hydrogen-bond donors (Lipinski definition) is 1. The monoisotopic (exact) mass is 345 g/mol. The van der Waals surface area contributed by atoms with Crippen molar-refractivity contribution >= 4 is 21.6 Å². The highest BCUT2D eigenvalue weighted by Crippen LogP contribution is 2.23. The lowest BCUT2D eigenvalue weighted by atomic mass is 10.1. The summed E-state index contributed by atoms with van der Waals surface area (Å²) in [4.78, 5) is 6.73. The van der Waals surface area contributed by atoms with E-state index in [0.717, 1.165) is 29.8 Å². The van der Waals surface area contributed by atoms with E-state index in [4.69, 9.17) is 0 Å². The van der Waals surface area contributed by atoms with E-state index in [1.54, 1.807) is 0 Å². The molecule has 1 aliphatic rings. The lowest BCUT2D eigenvalue weighted by Crippen LogP contribution is -2.28. The largest absolute Gasteiger partial charge is 0.379 e. The summed E-state index contributed by atoms with van der Waals surface area (Å²) in [6, 6.07) is 13.2. The van der Waals surface area contributed by atoms with Crippen LogP contribution in [0.5, 0.6) is 0 Å². The Balaban J connectivity index is 1.61. The molecule has 1 N–H and O–H groups in total. The van der Waals surface area contributed by atoms with Crippen molar-refractivity contribution in [2.75, 3.05) is 18.4 Å². The van der Waals surface area contributed by atoms with Gasteiger partial charge in [-0.2, -0.15) is 0 Å². The number of pyridine rings is 1. The summed E-state index contributed by atoms with van der Waals surface area (Å²) in [5.41, 5.74) is 2.47. The second kappa shape index (κ2) is 6.58. The number of benzene rings is 1. The molecule has 0 saturated carbocycles. The van der Waals surface area contributed by atoms with Crippen LogP contribution in [0.1, 0.15) is 12.5 Å². The second-order valence-corrected chi connectivity index (χ2v) is 6.72. The first-order valence-electron chi connectivity index (χ1n) is 7.34. The van der Waals surface area contributed by atoms with Crippen LogP contribution >= 0.6 is 15.9 Å². The fraction of sp³-hybridized carbons (Fsp3) is 0.353. The molecule has 2 heterocycles. The van der Waals surface area contributed by atoms with Crippen molar-refractivity contribution in [3.8, 4) is 0 Å². The summed E-state index contributed by atoms with van der Waals surface area (Å²) in [5, 5.41) is 3.61. The highest BCUT2D eigenvalue weighted by Gasteiger charge is 2.29. The van der Waals surface area contributed by atoms with Crippen molar-refractivity contribution in [1.29, 1.82) is 0 Å². The quantitative estimate of drug-likeness (QED) is 0.913. The maximum atomic E-state index is 4.22. The van der Waals surface area contributed by atoms with E-state index in [2.05, 4.69) is 74.5 Å². The third-order valence-electron chi connectivity index (χ3n) is 3.99. The molecule has 2 atom stereocenters. The Morgan fingerprint density at radius 2 is 2.05 bits per heavy atom. The standard InChI is InChI=1S/C17H20BrN3/c1-13-10-21(11-14-5-3-2-4-6-14)12-17(13)20-16-7-15(18)8-19-9-16/h2-9,13,17,20H,10-12H2,1H3. The number of likely N-dealkylation sites (tertiary alicyclic amines) is 1. The van der Waals surface area contributed by atoms with Gasteiger partial charge in [0, 0.05) is 36.3 Å². The third-order valence-corrected chi connectivity index (χ3v) is 4.43. The molecule has 1 fully saturated rings. The summed E-state index contributed by atoms with van der Waals surface area (Å²) in [7, 11) is 0. The molecule has 21 heavy (non-hydrogen) atoms. The van der Waals surface area contributed by atoms with E-state index in [0.29, 0.717) is 12.0 Å². The number of rotatable bonds is 4. The number of anilines is 1. The van der Waals surface area contributed by atoms with Crippen LogP contribution in [0.25, 0.3) is 0 Å². The lowest BCUT2D eigenvalue weighted by molar-refractivity contribution is 0.319. The molecule has 4 heteroatoms. The summed E-state index contributed by atoms with van der Waals surface area (Å²) in [6.07, 6.45) is 3.70. The molecule has 0 amide bonds. The molecule has 0 aliphatic carbocycles. The van der Waals surface area contributed by atoms with Crippen molar-refractivity contribution in [1.82, 2.24) is 9.88 Å². The van der Waals surface area contributed by atoms with E-state index < -0.39 is 0 Å². The van der Waals surface area contributed by atoms with Crippen molar-refractivity contribution in [2.45, 2.75) is 19.5 Å². The highest BCUT2D eigenvalue weighted by molar-refractivity contribution is 9.10. The molecule has 2 aromatic rings. The van der Waals surface area contributed by atoms with Gasteiger partial charge in [0.25, 0.3) is 0 Å². The Morgan fingerprint density at radius 3 is 2.81 bits per heavy atom. The second-order valence-electron chi connectivity index (χ2n) is 5.80. The van der Waals surface area contributed by atoms with Crippen LogP contribution in [-0.2, 0) is 6.54 Å². The molecule has 1 aromatic carbocycles. The molecule has 3 nitrogen and oxygen atoms in total. The molecule has 0 radical (unpaired) electrons. The highest BCUT2D eigenvalue weighted by atomic mass is 79.9. The minimum absolute atomic E-state index is 0.477. The molecule has 110 valence electrons. The van der Waals surface area contributed by atoms with E-state index in [1.165, 1.54) is 5.56 Å². The minimum atomic E-state index is 0.477. The van der Waals surface area contributed by atoms with Gasteiger partial charge in [-0.3, -0.25) is 9.88 Å². The van der Waals surface area contributed by atoms with Crippen LogP contribution in [-0.4, -0.2) is 29.0 Å². The van der Waals surface area contributed by atoms with Gasteiger partial charge in [0.1, 0.15) is 0 Å². The van der Waals surface area contributed by atoms with Gasteiger partial charge in [0.15, 0.2) is 0 Å². The molecule has 1 saturated heterocycles. The number of halogens is 1. The first-order chi connectivity index (χ1) is 10.2. The Hall–Kier alpha value is -1.39. The van der Waals surface area contributed by atoms with E-state index in [1.807, 2.05) is 12.4 Å². The lowest BCUT2D eigenvalue weighted by Gasteiger charge is -2.18. The van der Waals surface area contributed by atoms with Gasteiger partial charge in [-0.25, -0.2) is 0 Å². The topological polar surface area (TPSA) is 28.2 Å². The number of nitrogens with one attached hydrogen (secondary N) is 1. The molecule has 1 aliphatic heterocycles. The Kier molecular flexibility index (Phi) is 4.56. The fourth-order valence-electron chi connectivity index (χ4n) is 2.93. The number of hydrogen-bond acceptors (Lipinski definition) is 3. The fourth-order valence-corrected chi connectivity index (χ4v) is 3.30. The van der Waals surface area contributed by atoms with Gasteiger partial charge in [-0.1, -0.05) is 37.3 Å². The Bertz CT molecular complexity index is 588. The zero-order valence-electron chi connectivity index (χ0n) is 12.2. The maximum absolute atomic E-state index is 4.22. The van der Waals surface area contributed by atoms with Crippen molar-refractivity contribution in [3.05, 3.63) is 58.8 Å². The summed E-state index contributed by atoms with van der Waals surface area (Å²) in [5.74, 6) is 0.632. The average Bonchev–Trinajstić information content (AvgIpc) is 2.80. The predicted molar refractivity (Wildman–Crippen MR) is 90.2 cm³/mol. The smallest absolute Gasteiger partial charge is 0.0540 e.